The van der Waals surface area contributed by atoms with Gasteiger partial charge >= 0.3 is 0 Å². The number of nitrogens with one attached hydrogen (secondary N) is 1. The minimum absolute atomic E-state index is 0.155. The van der Waals surface area contributed by atoms with Crippen LogP contribution in [0.25, 0.3) is 10.6 Å². The van der Waals surface area contributed by atoms with E-state index in [1.807, 2.05) is 30.3 Å². The van der Waals surface area contributed by atoms with Crippen LogP contribution in [-0.2, 0) is 14.8 Å². The summed E-state index contributed by atoms with van der Waals surface area (Å²) in [6, 6.07) is 16.3. The molecule has 0 aliphatic heterocycles. The van der Waals surface area contributed by atoms with E-state index in [-0.39, 0.29) is 18.9 Å². The Balaban J connectivity index is 1.56. The second-order valence-corrected chi connectivity index (χ2v) is 9.35. The molecule has 10 heteroatoms. The first-order chi connectivity index (χ1) is 14.4. The van der Waals surface area contributed by atoms with Gasteiger partial charge in [-0.3, -0.25) is 9.10 Å². The summed E-state index contributed by atoms with van der Waals surface area (Å²) < 4.78 is 30.7. The van der Waals surface area contributed by atoms with E-state index in [0.29, 0.717) is 28.0 Å². The number of aromatic nitrogens is 2. The lowest BCUT2D eigenvalue weighted by atomic mass is 10.2. The first kappa shape index (κ1) is 21.7. The molecule has 0 atom stereocenters. The highest BCUT2D eigenvalue weighted by molar-refractivity contribution is 7.92. The maximum Gasteiger partial charge on any atom is 0.232 e. The lowest BCUT2D eigenvalue weighted by molar-refractivity contribution is -0.116. The van der Waals surface area contributed by atoms with Gasteiger partial charge in [0.15, 0.2) is 0 Å². The van der Waals surface area contributed by atoms with Crippen molar-refractivity contribution in [3.8, 4) is 16.3 Å². The summed E-state index contributed by atoms with van der Waals surface area (Å²) in [5, 5.41) is 11.9. The van der Waals surface area contributed by atoms with Crippen molar-refractivity contribution in [2.45, 2.75) is 12.8 Å². The van der Waals surface area contributed by atoms with Crippen molar-refractivity contribution in [2.75, 3.05) is 29.5 Å². The minimum Gasteiger partial charge on any atom is -0.497 e. The molecule has 158 valence electrons. The molecule has 0 spiro atoms. The van der Waals surface area contributed by atoms with Crippen molar-refractivity contribution < 1.29 is 17.9 Å². The molecule has 0 radical (unpaired) electrons. The molecule has 1 amide bonds. The number of methoxy groups -OCH3 is 1. The van der Waals surface area contributed by atoms with Crippen LogP contribution in [0.4, 0.5) is 10.8 Å². The fraction of sp³-hybridized carbons (Fsp3) is 0.250. The van der Waals surface area contributed by atoms with Gasteiger partial charge < -0.3 is 10.1 Å². The molecule has 3 aromatic rings. The minimum atomic E-state index is -3.48. The van der Waals surface area contributed by atoms with Crippen molar-refractivity contribution >= 4 is 38.1 Å². The molecule has 0 saturated carbocycles. The third-order valence-corrected chi connectivity index (χ3v) is 6.30. The van der Waals surface area contributed by atoms with Gasteiger partial charge in [0.25, 0.3) is 0 Å². The summed E-state index contributed by atoms with van der Waals surface area (Å²) in [6.45, 7) is 0.184. The van der Waals surface area contributed by atoms with Crippen LogP contribution in [-0.4, -0.2) is 44.4 Å². The molecule has 8 nitrogen and oxygen atoms in total. The summed E-state index contributed by atoms with van der Waals surface area (Å²) >= 11 is 1.29. The zero-order valence-electron chi connectivity index (χ0n) is 16.6. The van der Waals surface area contributed by atoms with Gasteiger partial charge in [-0.1, -0.05) is 41.7 Å². The third-order valence-electron chi connectivity index (χ3n) is 4.22. The van der Waals surface area contributed by atoms with E-state index >= 15 is 0 Å². The molecule has 1 heterocycles. The predicted octanol–water partition coefficient (Wildman–Crippen LogP) is 3.40. The van der Waals surface area contributed by atoms with Gasteiger partial charge in [0.2, 0.25) is 21.1 Å². The molecular weight excluding hydrogens is 424 g/mol. The number of carbonyl (C=O) groups is 1. The molecule has 1 N–H and O–H groups in total. The standard InChI is InChI=1S/C20H22N4O4S2/c1-28-17-12-10-16(11-13-17)24(30(2,26)27)14-6-9-18(25)21-20-23-22-19(29-20)15-7-4-3-5-8-15/h3-5,7-8,10-13H,6,9,14H2,1-2H3,(H,21,23,25). The molecule has 0 aliphatic carbocycles. The first-order valence-electron chi connectivity index (χ1n) is 9.17. The lowest BCUT2D eigenvalue weighted by Crippen LogP contribution is -2.31. The number of hydrogen-bond donors (Lipinski definition) is 1. The second-order valence-electron chi connectivity index (χ2n) is 6.46. The van der Waals surface area contributed by atoms with Gasteiger partial charge in [-0.25, -0.2) is 8.42 Å². The highest BCUT2D eigenvalue weighted by Gasteiger charge is 2.18. The van der Waals surface area contributed by atoms with Gasteiger partial charge in [-0.2, -0.15) is 0 Å². The Morgan fingerprint density at radius 2 is 1.80 bits per heavy atom. The number of hydrogen-bond acceptors (Lipinski definition) is 7. The van der Waals surface area contributed by atoms with Crippen molar-refractivity contribution in [3.05, 3.63) is 54.6 Å². The lowest BCUT2D eigenvalue weighted by Gasteiger charge is -2.22. The Morgan fingerprint density at radius 3 is 2.43 bits per heavy atom. The Morgan fingerprint density at radius 1 is 1.10 bits per heavy atom. The molecule has 0 saturated heterocycles. The maximum atomic E-state index is 12.3. The molecule has 0 aliphatic rings. The number of ether oxygens (including phenoxy) is 1. The van der Waals surface area contributed by atoms with Crippen LogP contribution in [0, 0.1) is 0 Å². The highest BCUT2D eigenvalue weighted by atomic mass is 32.2. The van der Waals surface area contributed by atoms with E-state index in [1.54, 1.807) is 31.4 Å². The van der Waals surface area contributed by atoms with Gasteiger partial charge in [0.05, 0.1) is 19.1 Å². The van der Waals surface area contributed by atoms with Gasteiger partial charge in [0.1, 0.15) is 10.8 Å². The summed E-state index contributed by atoms with van der Waals surface area (Å²) in [7, 11) is -1.94. The largest absolute Gasteiger partial charge is 0.497 e. The third kappa shape index (κ3) is 5.77. The number of nitrogens with zero attached hydrogens (tertiary/aromatic N) is 3. The summed E-state index contributed by atoms with van der Waals surface area (Å²) in [5.41, 5.74) is 1.45. The van der Waals surface area contributed by atoms with E-state index in [9.17, 15) is 13.2 Å². The smallest absolute Gasteiger partial charge is 0.232 e. The van der Waals surface area contributed by atoms with Crippen LogP contribution < -0.4 is 14.4 Å². The summed E-state index contributed by atoms with van der Waals surface area (Å²) in [6.07, 6.45) is 1.65. The number of anilines is 2. The summed E-state index contributed by atoms with van der Waals surface area (Å²) in [4.78, 5) is 12.3. The monoisotopic (exact) mass is 446 g/mol. The van der Waals surface area contributed by atoms with Crippen molar-refractivity contribution in [1.82, 2.24) is 10.2 Å². The Bertz CT molecular complexity index is 1080. The van der Waals surface area contributed by atoms with Crippen molar-refractivity contribution in [2.24, 2.45) is 0 Å². The van der Waals surface area contributed by atoms with Gasteiger partial charge in [-0.15, -0.1) is 10.2 Å². The Labute approximate surface area is 179 Å². The molecule has 0 fully saturated rings. The topological polar surface area (TPSA) is 101 Å². The van der Waals surface area contributed by atoms with E-state index in [0.717, 1.165) is 11.8 Å². The van der Waals surface area contributed by atoms with Crippen LogP contribution in [0.5, 0.6) is 5.75 Å². The van der Waals surface area contributed by atoms with Crippen LogP contribution in [0.15, 0.2) is 54.6 Å². The Hall–Kier alpha value is -2.98. The number of rotatable bonds is 9. The van der Waals surface area contributed by atoms with E-state index < -0.39 is 10.0 Å². The number of amides is 1. The van der Waals surface area contributed by atoms with Crippen LogP contribution in [0.3, 0.4) is 0 Å². The zero-order chi connectivity index (χ0) is 21.6. The van der Waals surface area contributed by atoms with Crippen LogP contribution in [0.2, 0.25) is 0 Å². The molecule has 0 unspecified atom stereocenters. The fourth-order valence-corrected chi connectivity index (χ4v) is 4.50. The average Bonchev–Trinajstić information content (AvgIpc) is 3.19. The molecule has 3 rings (SSSR count). The zero-order valence-corrected chi connectivity index (χ0v) is 18.2. The quantitative estimate of drug-likeness (QED) is 0.541. The SMILES string of the molecule is COc1ccc(N(CCCC(=O)Nc2nnc(-c3ccccc3)s2)S(C)(=O)=O)cc1. The van der Waals surface area contributed by atoms with Crippen LogP contribution >= 0.6 is 11.3 Å². The molecule has 0 bridgehead atoms. The molecule has 30 heavy (non-hydrogen) atoms. The average molecular weight is 447 g/mol. The Kier molecular flexibility index (Phi) is 7.01. The molecular formula is C20H22N4O4S2. The number of sulfonamides is 1. The van der Waals surface area contributed by atoms with Crippen molar-refractivity contribution in [1.29, 1.82) is 0 Å². The van der Waals surface area contributed by atoms with E-state index in [4.69, 9.17) is 4.74 Å². The number of benzene rings is 2. The second kappa shape index (κ2) is 9.68. The fourth-order valence-electron chi connectivity index (χ4n) is 2.77. The van der Waals surface area contributed by atoms with Crippen molar-refractivity contribution in [3.63, 3.8) is 0 Å². The van der Waals surface area contributed by atoms with E-state index in [2.05, 4.69) is 15.5 Å². The van der Waals surface area contributed by atoms with Crippen LogP contribution in [0.1, 0.15) is 12.8 Å². The number of carbonyl (C=O) groups excluding carboxylic acids is 1. The molecule has 1 aromatic heterocycles. The van der Waals surface area contributed by atoms with Gasteiger partial charge in [0, 0.05) is 18.5 Å². The molecule has 2 aromatic carbocycles. The summed E-state index contributed by atoms with van der Waals surface area (Å²) in [5.74, 6) is 0.396. The highest BCUT2D eigenvalue weighted by Crippen LogP contribution is 2.26. The maximum absolute atomic E-state index is 12.3. The normalized spacial score (nSPS) is 11.1. The van der Waals surface area contributed by atoms with Gasteiger partial charge in [-0.05, 0) is 30.7 Å². The predicted molar refractivity (Wildman–Crippen MR) is 118 cm³/mol. The van der Waals surface area contributed by atoms with E-state index in [1.165, 1.54) is 15.6 Å². The first-order valence-corrected chi connectivity index (χ1v) is 11.8.